The van der Waals surface area contributed by atoms with Crippen LogP contribution in [0.2, 0.25) is 0 Å². The van der Waals surface area contributed by atoms with E-state index in [9.17, 15) is 8.78 Å². The molecule has 15 heavy (non-hydrogen) atoms. The van der Waals surface area contributed by atoms with Crippen LogP contribution >= 0.6 is 31.9 Å². The van der Waals surface area contributed by atoms with E-state index in [4.69, 9.17) is 5.26 Å². The second-order valence-electron chi connectivity index (χ2n) is 2.73. The van der Waals surface area contributed by atoms with Crippen LogP contribution in [0.1, 0.15) is 23.4 Å². The number of hydrogen-bond donors (Lipinski definition) is 0. The molecule has 80 valence electrons. The molecule has 0 saturated heterocycles. The zero-order chi connectivity index (χ0) is 11.4. The molecule has 0 unspecified atom stereocenters. The Morgan fingerprint density at radius 1 is 1.53 bits per heavy atom. The van der Waals surface area contributed by atoms with Crippen LogP contribution in [0.3, 0.4) is 0 Å². The van der Waals surface area contributed by atoms with E-state index in [0.29, 0.717) is 15.5 Å². The molecule has 0 saturated carbocycles. The largest absolute Gasteiger partial charge is 0.280 e. The number of halogens is 4. The number of nitrogens with zero attached hydrogens (tertiary/aromatic N) is 2. The first-order chi connectivity index (χ1) is 7.10. The summed E-state index contributed by atoms with van der Waals surface area (Å²) in [6.45, 7) is 0. The van der Waals surface area contributed by atoms with Crippen molar-refractivity contribution in [1.29, 1.82) is 5.26 Å². The highest BCUT2D eigenvalue weighted by Crippen LogP contribution is 2.27. The van der Waals surface area contributed by atoms with E-state index in [2.05, 4.69) is 36.8 Å². The van der Waals surface area contributed by atoms with Gasteiger partial charge in [-0.3, -0.25) is 0 Å². The maximum absolute atomic E-state index is 12.6. The van der Waals surface area contributed by atoms with Crippen molar-refractivity contribution in [1.82, 2.24) is 4.98 Å². The third-order valence-corrected chi connectivity index (χ3v) is 2.98. The van der Waals surface area contributed by atoms with Gasteiger partial charge in [-0.15, -0.1) is 0 Å². The van der Waals surface area contributed by atoms with Gasteiger partial charge in [-0.1, -0.05) is 15.9 Å². The topological polar surface area (TPSA) is 36.7 Å². The Hall–Kier alpha value is -0.540. The van der Waals surface area contributed by atoms with E-state index in [1.807, 2.05) is 6.07 Å². The van der Waals surface area contributed by atoms with Crippen LogP contribution in [0.25, 0.3) is 0 Å². The first-order valence-corrected chi connectivity index (χ1v) is 5.90. The van der Waals surface area contributed by atoms with Crippen molar-refractivity contribution in [3.63, 3.8) is 0 Å². The van der Waals surface area contributed by atoms with E-state index < -0.39 is 6.43 Å². The lowest BCUT2D eigenvalue weighted by atomic mass is 10.1. The van der Waals surface area contributed by atoms with Crippen molar-refractivity contribution in [3.05, 3.63) is 27.5 Å². The second kappa shape index (κ2) is 5.52. The molecule has 1 aromatic rings. The molecule has 0 amide bonds. The highest BCUT2D eigenvalue weighted by atomic mass is 79.9. The van der Waals surface area contributed by atoms with Crippen LogP contribution < -0.4 is 0 Å². The summed E-state index contributed by atoms with van der Waals surface area (Å²) >= 11 is 6.37. The molecule has 0 aromatic carbocycles. The van der Waals surface area contributed by atoms with Crippen molar-refractivity contribution in [2.45, 2.75) is 18.2 Å². The Morgan fingerprint density at radius 2 is 2.20 bits per heavy atom. The smallest absolute Gasteiger partial charge is 0.249 e. The van der Waals surface area contributed by atoms with Crippen LogP contribution in [0, 0.1) is 11.3 Å². The normalized spacial score (nSPS) is 10.4. The highest BCUT2D eigenvalue weighted by Gasteiger charge is 2.17. The summed E-state index contributed by atoms with van der Waals surface area (Å²) in [6, 6.07) is 3.36. The van der Waals surface area contributed by atoms with Gasteiger partial charge in [0.1, 0.15) is 5.69 Å². The number of pyridine rings is 1. The van der Waals surface area contributed by atoms with E-state index in [1.165, 1.54) is 6.07 Å². The highest BCUT2D eigenvalue weighted by molar-refractivity contribution is 9.10. The minimum atomic E-state index is -2.65. The Balaban J connectivity index is 3.26. The van der Waals surface area contributed by atoms with Gasteiger partial charge >= 0.3 is 0 Å². The van der Waals surface area contributed by atoms with E-state index in [0.717, 1.165) is 0 Å². The molecule has 1 rings (SSSR count). The Labute approximate surface area is 103 Å². The molecule has 1 aromatic heterocycles. The summed E-state index contributed by atoms with van der Waals surface area (Å²) in [4.78, 5) is 3.81. The van der Waals surface area contributed by atoms with Gasteiger partial charge in [0.25, 0.3) is 6.43 Å². The van der Waals surface area contributed by atoms with Crippen LogP contribution in [0.15, 0.2) is 10.5 Å². The summed E-state index contributed by atoms with van der Waals surface area (Å²) in [6.07, 6.45) is -2.72. The second-order valence-corrected chi connectivity index (χ2v) is 4.15. The monoisotopic (exact) mass is 338 g/mol. The summed E-state index contributed by atoms with van der Waals surface area (Å²) in [5.41, 5.74) is 0.463. The van der Waals surface area contributed by atoms with Crippen LogP contribution in [-0.4, -0.2) is 4.98 Å². The van der Waals surface area contributed by atoms with Crippen molar-refractivity contribution in [2.75, 3.05) is 0 Å². The van der Waals surface area contributed by atoms with Gasteiger partial charge in [0.2, 0.25) is 0 Å². The van der Waals surface area contributed by atoms with Crippen LogP contribution in [0.4, 0.5) is 8.78 Å². The average molecular weight is 340 g/mol. The van der Waals surface area contributed by atoms with Gasteiger partial charge in [-0.25, -0.2) is 13.8 Å². The fraction of sp³-hybridized carbons (Fsp3) is 0.333. The minimum Gasteiger partial charge on any atom is -0.249 e. The molecule has 0 atom stereocenters. The van der Waals surface area contributed by atoms with Crippen molar-refractivity contribution in [2.24, 2.45) is 0 Å². The minimum absolute atomic E-state index is 0.0617. The van der Waals surface area contributed by atoms with Gasteiger partial charge in [0.05, 0.1) is 18.2 Å². The Kier molecular flexibility index (Phi) is 4.61. The predicted octanol–water partition coefficient (Wildman–Crippen LogP) is 3.74. The molecule has 0 aliphatic rings. The summed E-state index contributed by atoms with van der Waals surface area (Å²) in [5.74, 6) is 0. The number of aromatic nitrogens is 1. The van der Waals surface area contributed by atoms with Gasteiger partial charge in [-0.05, 0) is 27.6 Å². The van der Waals surface area contributed by atoms with Crippen molar-refractivity contribution >= 4 is 31.9 Å². The number of hydrogen-bond acceptors (Lipinski definition) is 2. The molecular formula is C9H6Br2F2N2. The average Bonchev–Trinajstić information content (AvgIpc) is 2.18. The lowest BCUT2D eigenvalue weighted by Gasteiger charge is -2.08. The van der Waals surface area contributed by atoms with Crippen molar-refractivity contribution in [3.8, 4) is 6.07 Å². The standard InChI is InChI=1S/C9H6Br2F2N2/c10-4-7-6(11)3-5(1-2-14)8(15-7)9(12)13/h3,9H,1,4H2. The molecular weight excluding hydrogens is 334 g/mol. The Bertz CT molecular complexity index is 402. The Morgan fingerprint density at radius 3 is 2.67 bits per heavy atom. The van der Waals surface area contributed by atoms with E-state index in [1.54, 1.807) is 0 Å². The zero-order valence-electron chi connectivity index (χ0n) is 7.48. The lowest BCUT2D eigenvalue weighted by Crippen LogP contribution is -2.02. The maximum Gasteiger partial charge on any atom is 0.280 e. The summed E-state index contributed by atoms with van der Waals surface area (Å²) in [7, 11) is 0. The molecule has 0 fully saturated rings. The fourth-order valence-electron chi connectivity index (χ4n) is 1.09. The predicted molar refractivity (Wildman–Crippen MR) is 58.8 cm³/mol. The molecule has 0 radical (unpaired) electrons. The molecule has 0 spiro atoms. The van der Waals surface area contributed by atoms with E-state index >= 15 is 0 Å². The number of rotatable bonds is 3. The molecule has 2 nitrogen and oxygen atoms in total. The molecule has 0 aliphatic carbocycles. The third-order valence-electron chi connectivity index (χ3n) is 1.76. The van der Waals surface area contributed by atoms with E-state index in [-0.39, 0.29) is 17.7 Å². The first kappa shape index (κ1) is 12.5. The molecule has 0 bridgehead atoms. The van der Waals surface area contributed by atoms with Crippen LogP contribution in [-0.2, 0) is 11.8 Å². The number of nitriles is 1. The molecule has 0 N–H and O–H groups in total. The molecule has 0 aliphatic heterocycles. The molecule has 6 heteroatoms. The molecule has 1 heterocycles. The van der Waals surface area contributed by atoms with Crippen LogP contribution in [0.5, 0.6) is 0 Å². The lowest BCUT2D eigenvalue weighted by molar-refractivity contribution is 0.145. The maximum atomic E-state index is 12.6. The zero-order valence-corrected chi connectivity index (χ0v) is 10.6. The fourth-order valence-corrected chi connectivity index (χ4v) is 2.40. The summed E-state index contributed by atoms with van der Waals surface area (Å²) in [5, 5.41) is 8.89. The van der Waals surface area contributed by atoms with Gasteiger partial charge in [-0.2, -0.15) is 5.26 Å². The first-order valence-electron chi connectivity index (χ1n) is 3.99. The van der Waals surface area contributed by atoms with Gasteiger partial charge in [0, 0.05) is 9.80 Å². The van der Waals surface area contributed by atoms with Gasteiger partial charge in [0.15, 0.2) is 0 Å². The quantitative estimate of drug-likeness (QED) is 0.786. The SMILES string of the molecule is N#CCc1cc(Br)c(CBr)nc1C(F)F. The third kappa shape index (κ3) is 2.95. The van der Waals surface area contributed by atoms with Gasteiger partial charge < -0.3 is 0 Å². The summed E-state index contributed by atoms with van der Waals surface area (Å²) < 4.78 is 25.8. The van der Waals surface area contributed by atoms with Crippen molar-refractivity contribution < 1.29 is 8.78 Å². The number of alkyl halides is 3.